The van der Waals surface area contributed by atoms with E-state index in [1.807, 2.05) is 19.9 Å². The second-order valence-corrected chi connectivity index (χ2v) is 3.96. The molecule has 0 bridgehead atoms. The summed E-state index contributed by atoms with van der Waals surface area (Å²) in [7, 11) is 0. The van der Waals surface area contributed by atoms with Crippen molar-refractivity contribution in [2.24, 2.45) is 0 Å². The van der Waals surface area contributed by atoms with Crippen LogP contribution in [0.2, 0.25) is 0 Å². The Kier molecular flexibility index (Phi) is 3.28. The summed E-state index contributed by atoms with van der Waals surface area (Å²) in [4.78, 5) is 4.05. The zero-order chi connectivity index (χ0) is 12.4. The molecule has 92 valence electrons. The number of anilines is 1. The Balaban J connectivity index is 2.46. The fourth-order valence-electron chi connectivity index (χ4n) is 1.93. The number of para-hydroxylation sites is 1. The zero-order valence-electron chi connectivity index (χ0n) is 9.98. The Morgan fingerprint density at radius 3 is 3.00 bits per heavy atom. The van der Waals surface area contributed by atoms with E-state index in [4.69, 9.17) is 10.5 Å². The number of hydrogen-bond donors (Lipinski definition) is 1. The molecule has 0 radical (unpaired) electrons. The molecule has 1 unspecified atom stereocenters. The molecule has 2 aromatic rings. The number of aromatic nitrogens is 2. The lowest BCUT2D eigenvalue weighted by atomic mass is 10.2. The van der Waals surface area contributed by atoms with Crippen molar-refractivity contribution < 1.29 is 9.13 Å². The van der Waals surface area contributed by atoms with Gasteiger partial charge in [0.1, 0.15) is 5.52 Å². The van der Waals surface area contributed by atoms with Crippen LogP contribution in [0.5, 0.6) is 0 Å². The average molecular weight is 237 g/mol. The first kappa shape index (κ1) is 11.9. The van der Waals surface area contributed by atoms with E-state index in [0.29, 0.717) is 30.2 Å². The highest BCUT2D eigenvalue weighted by Gasteiger charge is 2.15. The molecule has 1 aromatic carbocycles. The van der Waals surface area contributed by atoms with Crippen LogP contribution >= 0.6 is 0 Å². The van der Waals surface area contributed by atoms with Crippen molar-refractivity contribution in [1.82, 2.24) is 9.55 Å². The van der Waals surface area contributed by atoms with Crippen LogP contribution < -0.4 is 5.73 Å². The van der Waals surface area contributed by atoms with Crippen LogP contribution in [0.4, 0.5) is 10.3 Å². The number of rotatable bonds is 4. The maximum Gasteiger partial charge on any atom is 0.201 e. The molecular weight excluding hydrogens is 221 g/mol. The Labute approximate surface area is 99.2 Å². The van der Waals surface area contributed by atoms with E-state index in [-0.39, 0.29) is 11.9 Å². The highest BCUT2D eigenvalue weighted by molar-refractivity contribution is 5.79. The van der Waals surface area contributed by atoms with E-state index < -0.39 is 0 Å². The SMILES string of the molecule is CCOCC(C)n1c(N)nc2c(F)cccc21. The molecule has 2 rings (SSSR count). The van der Waals surface area contributed by atoms with E-state index >= 15 is 0 Å². The lowest BCUT2D eigenvalue weighted by Crippen LogP contribution is -2.14. The number of nitrogens with two attached hydrogens (primary N) is 1. The van der Waals surface area contributed by atoms with Crippen molar-refractivity contribution in [3.63, 3.8) is 0 Å². The molecule has 0 saturated heterocycles. The first-order chi connectivity index (χ1) is 8.15. The maximum atomic E-state index is 13.5. The largest absolute Gasteiger partial charge is 0.380 e. The predicted molar refractivity (Wildman–Crippen MR) is 65.3 cm³/mol. The van der Waals surface area contributed by atoms with E-state index in [1.54, 1.807) is 10.6 Å². The molecular formula is C12H16FN3O. The van der Waals surface area contributed by atoms with Gasteiger partial charge >= 0.3 is 0 Å². The van der Waals surface area contributed by atoms with E-state index in [2.05, 4.69) is 4.98 Å². The highest BCUT2D eigenvalue weighted by atomic mass is 19.1. The van der Waals surface area contributed by atoms with Gasteiger partial charge in [0.25, 0.3) is 0 Å². The zero-order valence-corrected chi connectivity index (χ0v) is 9.98. The lowest BCUT2D eigenvalue weighted by Gasteiger charge is -2.15. The second-order valence-electron chi connectivity index (χ2n) is 3.96. The molecule has 0 aliphatic carbocycles. The Hall–Kier alpha value is -1.62. The summed E-state index contributed by atoms with van der Waals surface area (Å²) < 4.78 is 20.7. The Morgan fingerprint density at radius 2 is 2.29 bits per heavy atom. The normalized spacial score (nSPS) is 13.1. The minimum Gasteiger partial charge on any atom is -0.380 e. The molecule has 2 N–H and O–H groups in total. The van der Waals surface area contributed by atoms with E-state index in [9.17, 15) is 4.39 Å². The van der Waals surface area contributed by atoms with Crippen LogP contribution in [0.3, 0.4) is 0 Å². The van der Waals surface area contributed by atoms with Crippen molar-refractivity contribution in [1.29, 1.82) is 0 Å². The van der Waals surface area contributed by atoms with Gasteiger partial charge in [0.15, 0.2) is 5.82 Å². The third kappa shape index (κ3) is 2.10. The number of benzene rings is 1. The Morgan fingerprint density at radius 1 is 1.53 bits per heavy atom. The van der Waals surface area contributed by atoms with Crippen LogP contribution in [0, 0.1) is 5.82 Å². The monoisotopic (exact) mass is 237 g/mol. The average Bonchev–Trinajstić information content (AvgIpc) is 2.64. The second kappa shape index (κ2) is 4.71. The smallest absolute Gasteiger partial charge is 0.201 e. The molecule has 0 fully saturated rings. The molecule has 0 amide bonds. The molecule has 0 aliphatic heterocycles. The van der Waals surface area contributed by atoms with Gasteiger partial charge in [-0.15, -0.1) is 0 Å². The number of halogens is 1. The summed E-state index contributed by atoms with van der Waals surface area (Å²) in [5.41, 5.74) is 6.84. The highest BCUT2D eigenvalue weighted by Crippen LogP contribution is 2.24. The fraction of sp³-hybridized carbons (Fsp3) is 0.417. The van der Waals surface area contributed by atoms with Crippen LogP contribution in [0.15, 0.2) is 18.2 Å². The lowest BCUT2D eigenvalue weighted by molar-refractivity contribution is 0.120. The third-order valence-electron chi connectivity index (χ3n) is 2.70. The topological polar surface area (TPSA) is 53.1 Å². The van der Waals surface area contributed by atoms with Crippen molar-refractivity contribution >= 4 is 17.0 Å². The molecule has 1 heterocycles. The Bertz CT molecular complexity index is 524. The van der Waals surface area contributed by atoms with Gasteiger partial charge in [0.2, 0.25) is 5.95 Å². The van der Waals surface area contributed by atoms with Crippen LogP contribution in [-0.4, -0.2) is 22.8 Å². The van der Waals surface area contributed by atoms with Crippen molar-refractivity contribution in [3.8, 4) is 0 Å². The summed E-state index contributed by atoms with van der Waals surface area (Å²) in [6, 6.07) is 4.88. The van der Waals surface area contributed by atoms with Crippen molar-refractivity contribution in [2.75, 3.05) is 18.9 Å². The number of ether oxygens (including phenoxy) is 1. The molecule has 1 aromatic heterocycles. The van der Waals surface area contributed by atoms with Gasteiger partial charge in [0.05, 0.1) is 18.2 Å². The number of fused-ring (bicyclic) bond motifs is 1. The van der Waals surface area contributed by atoms with Crippen LogP contribution in [-0.2, 0) is 4.74 Å². The van der Waals surface area contributed by atoms with E-state index in [0.717, 1.165) is 0 Å². The minimum atomic E-state index is -0.350. The summed E-state index contributed by atoms with van der Waals surface area (Å²) in [5, 5.41) is 0. The molecule has 5 heteroatoms. The summed E-state index contributed by atoms with van der Waals surface area (Å²) >= 11 is 0. The number of hydrogen-bond acceptors (Lipinski definition) is 3. The van der Waals surface area contributed by atoms with Crippen LogP contribution in [0.1, 0.15) is 19.9 Å². The third-order valence-corrected chi connectivity index (χ3v) is 2.70. The quantitative estimate of drug-likeness (QED) is 0.888. The van der Waals surface area contributed by atoms with Gasteiger partial charge in [-0.05, 0) is 26.0 Å². The van der Waals surface area contributed by atoms with Gasteiger partial charge < -0.3 is 15.0 Å². The van der Waals surface area contributed by atoms with Gasteiger partial charge in [-0.2, -0.15) is 0 Å². The van der Waals surface area contributed by atoms with Crippen LogP contribution in [0.25, 0.3) is 11.0 Å². The van der Waals surface area contributed by atoms with Gasteiger partial charge in [-0.1, -0.05) is 6.07 Å². The first-order valence-corrected chi connectivity index (χ1v) is 5.64. The van der Waals surface area contributed by atoms with E-state index in [1.165, 1.54) is 6.07 Å². The summed E-state index contributed by atoms with van der Waals surface area (Å²) in [5.74, 6) is -0.0335. The number of nitrogen functional groups attached to an aromatic ring is 1. The molecule has 0 saturated carbocycles. The van der Waals surface area contributed by atoms with Crippen molar-refractivity contribution in [3.05, 3.63) is 24.0 Å². The van der Waals surface area contributed by atoms with Gasteiger partial charge in [-0.3, -0.25) is 0 Å². The molecule has 0 spiro atoms. The standard InChI is InChI=1S/C12H16FN3O/c1-3-17-7-8(2)16-10-6-4-5-9(13)11(10)15-12(16)14/h4-6,8H,3,7H2,1-2H3,(H2,14,15). The summed E-state index contributed by atoms with van der Waals surface area (Å²) in [6.07, 6.45) is 0. The number of nitrogens with zero attached hydrogens (tertiary/aromatic N) is 2. The fourth-order valence-corrected chi connectivity index (χ4v) is 1.93. The first-order valence-electron chi connectivity index (χ1n) is 5.64. The molecule has 1 atom stereocenters. The maximum absolute atomic E-state index is 13.5. The number of imidazole rings is 1. The van der Waals surface area contributed by atoms with Crippen molar-refractivity contribution in [2.45, 2.75) is 19.9 Å². The summed E-state index contributed by atoms with van der Waals surface area (Å²) in [6.45, 7) is 5.08. The molecule has 4 nitrogen and oxygen atoms in total. The van der Waals surface area contributed by atoms with Gasteiger partial charge in [0, 0.05) is 6.61 Å². The molecule has 0 aliphatic rings. The molecule has 17 heavy (non-hydrogen) atoms. The minimum absolute atomic E-state index is 0.0294. The van der Waals surface area contributed by atoms with Gasteiger partial charge in [-0.25, -0.2) is 9.37 Å². The predicted octanol–water partition coefficient (Wildman–Crippen LogP) is 2.36.